The summed E-state index contributed by atoms with van der Waals surface area (Å²) in [6, 6.07) is 0. The van der Waals surface area contributed by atoms with E-state index in [-0.39, 0.29) is 6.61 Å². The van der Waals surface area contributed by atoms with Crippen LogP contribution in [0.5, 0.6) is 0 Å². The van der Waals surface area contributed by atoms with Gasteiger partial charge in [0.1, 0.15) is 12.0 Å². The minimum absolute atomic E-state index is 0.0174. The Bertz CT molecular complexity index is 440. The van der Waals surface area contributed by atoms with E-state index in [1.165, 1.54) is 6.92 Å². The molecule has 0 bridgehead atoms. The van der Waals surface area contributed by atoms with Crippen LogP contribution in [0.1, 0.15) is 27.2 Å². The number of carboxylic acid groups (broad SMARTS) is 3. The number of hydrogen-bond acceptors (Lipinski definition) is 6. The van der Waals surface area contributed by atoms with E-state index in [1.807, 2.05) is 0 Å². The van der Waals surface area contributed by atoms with E-state index in [2.05, 4.69) is 4.74 Å². The lowest BCUT2D eigenvalue weighted by molar-refractivity contribution is -0.203. The third-order valence-electron chi connectivity index (χ3n) is 3.03. The molecule has 21 heavy (non-hydrogen) atoms. The van der Waals surface area contributed by atoms with Crippen molar-refractivity contribution in [3.63, 3.8) is 0 Å². The maximum atomic E-state index is 11.5. The lowest BCUT2D eigenvalue weighted by Gasteiger charge is -2.38. The summed E-state index contributed by atoms with van der Waals surface area (Å²) in [5.74, 6) is -5.86. The van der Waals surface area contributed by atoms with Crippen LogP contribution >= 0.6 is 0 Å². The molecule has 0 spiro atoms. The molecular formula is C12H18O9. The van der Waals surface area contributed by atoms with E-state index in [9.17, 15) is 24.3 Å². The molecule has 1 unspecified atom stereocenters. The van der Waals surface area contributed by atoms with Crippen LogP contribution in [-0.2, 0) is 28.7 Å². The lowest BCUT2D eigenvalue weighted by atomic mass is 9.72. The minimum atomic E-state index is -2.61. The number of hydrogen-bond donors (Lipinski definition) is 3. The number of carboxylic acids is 3. The third-order valence-corrected chi connectivity index (χ3v) is 3.03. The molecule has 0 radical (unpaired) electrons. The molecule has 3 N–H and O–H groups in total. The van der Waals surface area contributed by atoms with E-state index in [0.717, 1.165) is 13.8 Å². The summed E-state index contributed by atoms with van der Waals surface area (Å²) in [4.78, 5) is 44.9. The van der Waals surface area contributed by atoms with Crippen molar-refractivity contribution in [2.24, 2.45) is 5.41 Å². The highest BCUT2D eigenvalue weighted by molar-refractivity contribution is 5.92. The van der Waals surface area contributed by atoms with Crippen LogP contribution in [0.2, 0.25) is 0 Å². The first-order valence-corrected chi connectivity index (χ1v) is 5.99. The molecule has 0 heterocycles. The predicted octanol–water partition coefficient (Wildman–Crippen LogP) is -0.0250. The Kier molecular flexibility index (Phi) is 6.30. The van der Waals surface area contributed by atoms with Crippen LogP contribution in [0.4, 0.5) is 0 Å². The summed E-state index contributed by atoms with van der Waals surface area (Å²) in [6.07, 6.45) is -1.12. The van der Waals surface area contributed by atoms with Gasteiger partial charge in [0.2, 0.25) is 0 Å². The van der Waals surface area contributed by atoms with E-state index >= 15 is 0 Å². The van der Waals surface area contributed by atoms with E-state index < -0.39 is 47.9 Å². The molecule has 0 aliphatic heterocycles. The van der Waals surface area contributed by atoms with E-state index in [1.54, 1.807) is 0 Å². The maximum absolute atomic E-state index is 11.5. The lowest BCUT2D eigenvalue weighted by Crippen LogP contribution is -2.58. The first-order chi connectivity index (χ1) is 9.51. The molecule has 0 aromatic rings. The molecule has 9 heteroatoms. The number of aliphatic carboxylic acids is 3. The quantitative estimate of drug-likeness (QED) is 0.499. The third kappa shape index (κ3) is 4.15. The van der Waals surface area contributed by atoms with Crippen LogP contribution in [0.15, 0.2) is 0 Å². The fourth-order valence-corrected chi connectivity index (χ4v) is 1.63. The van der Waals surface area contributed by atoms with Crippen molar-refractivity contribution in [3.05, 3.63) is 0 Å². The Balaban J connectivity index is 5.61. The van der Waals surface area contributed by atoms with E-state index in [0.29, 0.717) is 0 Å². The molecule has 0 aromatic heterocycles. The molecule has 0 saturated carbocycles. The Hall–Kier alpha value is -2.16. The van der Waals surface area contributed by atoms with Crippen molar-refractivity contribution in [1.82, 2.24) is 0 Å². The van der Waals surface area contributed by atoms with Crippen molar-refractivity contribution >= 4 is 23.9 Å². The van der Waals surface area contributed by atoms with Crippen molar-refractivity contribution in [1.29, 1.82) is 0 Å². The maximum Gasteiger partial charge on any atom is 0.337 e. The molecule has 0 saturated heterocycles. The van der Waals surface area contributed by atoms with Gasteiger partial charge in [-0.15, -0.1) is 0 Å². The molecule has 0 aliphatic carbocycles. The van der Waals surface area contributed by atoms with Crippen LogP contribution < -0.4 is 0 Å². The first kappa shape index (κ1) is 18.8. The van der Waals surface area contributed by atoms with Crippen LogP contribution in [0.25, 0.3) is 0 Å². The number of carbonyl (C=O) groups is 4. The Morgan fingerprint density at radius 3 is 1.86 bits per heavy atom. The summed E-state index contributed by atoms with van der Waals surface area (Å²) < 4.78 is 9.45. The van der Waals surface area contributed by atoms with Gasteiger partial charge in [0.05, 0.1) is 13.0 Å². The summed E-state index contributed by atoms with van der Waals surface area (Å²) in [5, 5.41) is 27.3. The average molecular weight is 306 g/mol. The van der Waals surface area contributed by atoms with Crippen molar-refractivity contribution in [2.45, 2.75) is 32.8 Å². The van der Waals surface area contributed by atoms with E-state index in [4.69, 9.17) is 14.9 Å². The molecule has 0 fully saturated rings. The second-order valence-corrected chi connectivity index (χ2v) is 4.73. The van der Waals surface area contributed by atoms with Gasteiger partial charge < -0.3 is 24.8 Å². The van der Waals surface area contributed by atoms with Gasteiger partial charge in [-0.3, -0.25) is 9.59 Å². The number of esters is 1. The normalized spacial score (nSPS) is 14.0. The topological polar surface area (TPSA) is 147 Å². The number of rotatable bonds is 9. The Morgan fingerprint density at radius 2 is 1.52 bits per heavy atom. The molecule has 1 atom stereocenters. The molecule has 120 valence electrons. The van der Waals surface area contributed by atoms with Crippen molar-refractivity contribution in [3.8, 4) is 0 Å². The SMILES string of the molecule is CCOC(=O)COC(CC(=O)O)(C(=O)O)C(C)(C)C(=O)O. The Labute approximate surface area is 120 Å². The molecule has 9 nitrogen and oxygen atoms in total. The molecule has 0 amide bonds. The highest BCUT2D eigenvalue weighted by Crippen LogP contribution is 2.38. The molecular weight excluding hydrogens is 288 g/mol. The van der Waals surface area contributed by atoms with Gasteiger partial charge in [0, 0.05) is 0 Å². The van der Waals surface area contributed by atoms with Crippen molar-refractivity contribution in [2.75, 3.05) is 13.2 Å². The number of ether oxygens (including phenoxy) is 2. The number of carbonyl (C=O) groups excluding carboxylic acids is 1. The molecule has 0 aliphatic rings. The summed E-state index contributed by atoms with van der Waals surface area (Å²) in [7, 11) is 0. The first-order valence-electron chi connectivity index (χ1n) is 5.99. The smallest absolute Gasteiger partial charge is 0.337 e. The van der Waals surface area contributed by atoms with Gasteiger partial charge in [-0.1, -0.05) is 0 Å². The van der Waals surface area contributed by atoms with Gasteiger partial charge in [-0.2, -0.15) is 0 Å². The zero-order valence-electron chi connectivity index (χ0n) is 11.9. The molecule has 0 aromatic carbocycles. The predicted molar refractivity (Wildman–Crippen MR) is 66.6 cm³/mol. The zero-order chi connectivity index (χ0) is 16.8. The van der Waals surface area contributed by atoms with Gasteiger partial charge in [-0.25, -0.2) is 9.59 Å². The van der Waals surface area contributed by atoms with Crippen LogP contribution in [0, 0.1) is 5.41 Å². The van der Waals surface area contributed by atoms with Gasteiger partial charge in [0.15, 0.2) is 5.60 Å². The summed E-state index contributed by atoms with van der Waals surface area (Å²) in [6.45, 7) is 2.68. The van der Waals surface area contributed by atoms with Crippen molar-refractivity contribution < 1.29 is 44.0 Å². The van der Waals surface area contributed by atoms with Gasteiger partial charge >= 0.3 is 23.9 Å². The standard InChI is InChI=1S/C12H18O9/c1-4-20-8(15)6-21-12(10(18)19,5-7(13)14)11(2,3)9(16)17/h4-6H2,1-3H3,(H,13,14)(H,16,17)(H,18,19). The highest BCUT2D eigenvalue weighted by atomic mass is 16.6. The summed E-state index contributed by atoms with van der Waals surface area (Å²) in [5.41, 5.74) is -4.71. The van der Waals surface area contributed by atoms with Gasteiger partial charge in [0.25, 0.3) is 0 Å². The molecule has 0 rings (SSSR count). The average Bonchev–Trinajstić information content (AvgIpc) is 2.33. The fraction of sp³-hybridized carbons (Fsp3) is 0.667. The highest BCUT2D eigenvalue weighted by Gasteiger charge is 2.59. The zero-order valence-corrected chi connectivity index (χ0v) is 11.9. The monoisotopic (exact) mass is 306 g/mol. The second kappa shape index (κ2) is 7.02. The minimum Gasteiger partial charge on any atom is -0.481 e. The second-order valence-electron chi connectivity index (χ2n) is 4.73. The van der Waals surface area contributed by atoms with Gasteiger partial charge in [-0.05, 0) is 20.8 Å². The summed E-state index contributed by atoms with van der Waals surface area (Å²) >= 11 is 0. The van der Waals surface area contributed by atoms with Crippen LogP contribution in [0.3, 0.4) is 0 Å². The Morgan fingerprint density at radius 1 is 1.00 bits per heavy atom. The largest absolute Gasteiger partial charge is 0.481 e. The fourth-order valence-electron chi connectivity index (χ4n) is 1.63. The van der Waals surface area contributed by atoms with Crippen LogP contribution in [-0.4, -0.2) is 58.0 Å².